The quantitative estimate of drug-likeness (QED) is 0.845. The fraction of sp³-hybridized carbons (Fsp3) is 0.200. The van der Waals surface area contributed by atoms with Crippen LogP contribution in [0.4, 0.5) is 5.69 Å². The fourth-order valence-electron chi connectivity index (χ4n) is 1.65. The van der Waals surface area contributed by atoms with E-state index in [9.17, 15) is 0 Å². The van der Waals surface area contributed by atoms with E-state index < -0.39 is 0 Å². The van der Waals surface area contributed by atoms with E-state index in [2.05, 4.69) is 23.5 Å². The van der Waals surface area contributed by atoms with Gasteiger partial charge in [0.2, 0.25) is 0 Å². The van der Waals surface area contributed by atoms with E-state index in [4.69, 9.17) is 4.74 Å². The molecule has 2 aromatic carbocycles. The Kier molecular flexibility index (Phi) is 4.03. The van der Waals surface area contributed by atoms with Crippen LogP contribution in [0.3, 0.4) is 0 Å². The Morgan fingerprint density at radius 1 is 1.06 bits per heavy atom. The highest BCUT2D eigenvalue weighted by atomic mass is 16.5. The molecule has 0 aliphatic heterocycles. The average molecular weight is 226 g/mol. The Balaban J connectivity index is 1.82. The van der Waals surface area contributed by atoms with E-state index in [-0.39, 0.29) is 0 Å². The molecule has 0 aromatic heterocycles. The van der Waals surface area contributed by atoms with Crippen molar-refractivity contribution in [2.24, 2.45) is 0 Å². The standard InChI is InChI=1S/C15H16NO/c1-17-15-9-7-13(8-10-15)11-12-16-14-5-3-2-4-6-14/h3-10,16H,11-12H2,1H3. The Bertz CT molecular complexity index is 436. The smallest absolute Gasteiger partial charge is 0.118 e. The highest BCUT2D eigenvalue weighted by molar-refractivity contribution is 5.42. The van der Waals surface area contributed by atoms with Crippen molar-refractivity contribution in [3.63, 3.8) is 0 Å². The van der Waals surface area contributed by atoms with E-state index in [0.29, 0.717) is 0 Å². The second-order valence-electron chi connectivity index (χ2n) is 3.81. The molecule has 0 fully saturated rings. The molecule has 0 amide bonds. The molecule has 2 rings (SSSR count). The molecule has 1 N–H and O–H groups in total. The van der Waals surface area contributed by atoms with Gasteiger partial charge in [-0.1, -0.05) is 24.3 Å². The molecule has 0 aliphatic rings. The third-order valence-corrected chi connectivity index (χ3v) is 2.62. The van der Waals surface area contributed by atoms with E-state index >= 15 is 0 Å². The molecule has 2 heteroatoms. The second kappa shape index (κ2) is 5.94. The summed E-state index contributed by atoms with van der Waals surface area (Å²) in [5.74, 6) is 0.903. The van der Waals surface area contributed by atoms with Crippen molar-refractivity contribution >= 4 is 5.69 Å². The minimum absolute atomic E-state index is 0.903. The third kappa shape index (κ3) is 3.52. The van der Waals surface area contributed by atoms with Crippen molar-refractivity contribution in [2.45, 2.75) is 6.42 Å². The number of benzene rings is 2. The predicted molar refractivity (Wildman–Crippen MR) is 70.5 cm³/mol. The molecular formula is C15H16NO. The zero-order chi connectivity index (χ0) is 11.9. The van der Waals surface area contributed by atoms with Crippen LogP contribution in [0, 0.1) is 6.07 Å². The van der Waals surface area contributed by atoms with Crippen molar-refractivity contribution < 1.29 is 4.74 Å². The zero-order valence-corrected chi connectivity index (χ0v) is 9.94. The predicted octanol–water partition coefficient (Wildman–Crippen LogP) is 3.15. The number of ether oxygens (including phenoxy) is 1. The molecule has 0 atom stereocenters. The Morgan fingerprint density at radius 3 is 2.41 bits per heavy atom. The topological polar surface area (TPSA) is 21.3 Å². The monoisotopic (exact) mass is 226 g/mol. The number of hydrogen-bond acceptors (Lipinski definition) is 2. The molecule has 2 nitrogen and oxygen atoms in total. The van der Waals surface area contributed by atoms with Crippen molar-refractivity contribution in [2.75, 3.05) is 19.0 Å². The van der Waals surface area contributed by atoms with E-state index in [1.54, 1.807) is 7.11 Å². The first-order valence-corrected chi connectivity index (χ1v) is 5.71. The van der Waals surface area contributed by atoms with Crippen molar-refractivity contribution in [3.8, 4) is 5.75 Å². The molecule has 17 heavy (non-hydrogen) atoms. The lowest BCUT2D eigenvalue weighted by Crippen LogP contribution is -2.04. The first-order valence-electron chi connectivity index (χ1n) is 5.71. The Labute approximate surface area is 102 Å². The summed E-state index contributed by atoms with van der Waals surface area (Å²) in [4.78, 5) is 0. The molecule has 87 valence electrons. The summed E-state index contributed by atoms with van der Waals surface area (Å²) in [7, 11) is 1.68. The number of methoxy groups -OCH3 is 1. The van der Waals surface area contributed by atoms with E-state index in [1.165, 1.54) is 5.56 Å². The molecule has 2 aromatic rings. The zero-order valence-electron chi connectivity index (χ0n) is 9.94. The van der Waals surface area contributed by atoms with E-state index in [0.717, 1.165) is 24.4 Å². The first-order chi connectivity index (χ1) is 8.38. The maximum absolute atomic E-state index is 5.12. The number of anilines is 1. The molecule has 0 saturated heterocycles. The van der Waals surface area contributed by atoms with Crippen LogP contribution in [0.2, 0.25) is 0 Å². The highest BCUT2D eigenvalue weighted by Crippen LogP contribution is 2.12. The van der Waals surface area contributed by atoms with Gasteiger partial charge in [0.15, 0.2) is 0 Å². The maximum Gasteiger partial charge on any atom is 0.118 e. The summed E-state index contributed by atoms with van der Waals surface area (Å²) in [6.45, 7) is 0.927. The van der Waals surface area contributed by atoms with Gasteiger partial charge in [-0.05, 0) is 42.3 Å². The van der Waals surface area contributed by atoms with Gasteiger partial charge in [0.05, 0.1) is 7.11 Å². The number of hydrogen-bond donors (Lipinski definition) is 1. The van der Waals surface area contributed by atoms with Crippen LogP contribution in [0.5, 0.6) is 5.75 Å². The normalized spacial score (nSPS) is 9.94. The maximum atomic E-state index is 5.12. The summed E-state index contributed by atoms with van der Waals surface area (Å²) >= 11 is 0. The van der Waals surface area contributed by atoms with Crippen LogP contribution in [-0.2, 0) is 6.42 Å². The van der Waals surface area contributed by atoms with Gasteiger partial charge in [0.1, 0.15) is 5.75 Å². The third-order valence-electron chi connectivity index (χ3n) is 2.62. The lowest BCUT2D eigenvalue weighted by Gasteiger charge is -2.06. The largest absolute Gasteiger partial charge is 0.497 e. The number of rotatable bonds is 5. The van der Waals surface area contributed by atoms with Gasteiger partial charge in [-0.2, -0.15) is 0 Å². The molecule has 0 aliphatic carbocycles. The molecule has 0 unspecified atom stereocenters. The Hall–Kier alpha value is -1.96. The minimum atomic E-state index is 0.903. The van der Waals surface area contributed by atoms with Crippen LogP contribution < -0.4 is 10.1 Å². The summed E-state index contributed by atoms with van der Waals surface area (Å²) in [5, 5.41) is 3.37. The first kappa shape index (κ1) is 11.5. The second-order valence-corrected chi connectivity index (χ2v) is 3.81. The van der Waals surface area contributed by atoms with Crippen molar-refractivity contribution in [1.82, 2.24) is 0 Å². The molecule has 0 bridgehead atoms. The van der Waals surface area contributed by atoms with Gasteiger partial charge in [0, 0.05) is 12.2 Å². The lowest BCUT2D eigenvalue weighted by molar-refractivity contribution is 0.414. The number of nitrogens with one attached hydrogen (secondary N) is 1. The molecule has 0 heterocycles. The lowest BCUT2D eigenvalue weighted by atomic mass is 10.1. The van der Waals surface area contributed by atoms with E-state index in [1.807, 2.05) is 36.4 Å². The van der Waals surface area contributed by atoms with Gasteiger partial charge in [-0.3, -0.25) is 0 Å². The summed E-state index contributed by atoms with van der Waals surface area (Å²) in [6, 6.07) is 19.0. The fourth-order valence-corrected chi connectivity index (χ4v) is 1.65. The molecular weight excluding hydrogens is 210 g/mol. The minimum Gasteiger partial charge on any atom is -0.497 e. The molecule has 0 spiro atoms. The van der Waals surface area contributed by atoms with Crippen LogP contribution in [-0.4, -0.2) is 13.7 Å². The van der Waals surface area contributed by atoms with Gasteiger partial charge in [-0.15, -0.1) is 0 Å². The van der Waals surface area contributed by atoms with Crippen molar-refractivity contribution in [1.29, 1.82) is 0 Å². The van der Waals surface area contributed by atoms with Crippen LogP contribution >= 0.6 is 0 Å². The highest BCUT2D eigenvalue weighted by Gasteiger charge is 1.95. The van der Waals surface area contributed by atoms with Crippen LogP contribution in [0.1, 0.15) is 5.56 Å². The SMILES string of the molecule is COc1ccc(CCNc2cc[c]cc2)cc1. The summed E-state index contributed by atoms with van der Waals surface area (Å²) < 4.78 is 5.12. The summed E-state index contributed by atoms with van der Waals surface area (Å²) in [6.07, 6.45) is 1.00. The average Bonchev–Trinajstić information content (AvgIpc) is 2.41. The van der Waals surface area contributed by atoms with Gasteiger partial charge in [-0.25, -0.2) is 0 Å². The van der Waals surface area contributed by atoms with Gasteiger partial charge >= 0.3 is 0 Å². The molecule has 0 saturated carbocycles. The Morgan fingerprint density at radius 2 is 1.76 bits per heavy atom. The van der Waals surface area contributed by atoms with Crippen LogP contribution in [0.25, 0.3) is 0 Å². The molecule has 1 radical (unpaired) electrons. The van der Waals surface area contributed by atoms with Gasteiger partial charge < -0.3 is 10.1 Å². The summed E-state index contributed by atoms with van der Waals surface area (Å²) in [5.41, 5.74) is 2.44. The van der Waals surface area contributed by atoms with Crippen LogP contribution in [0.15, 0.2) is 48.5 Å². The van der Waals surface area contributed by atoms with Crippen molar-refractivity contribution in [3.05, 3.63) is 60.2 Å². The van der Waals surface area contributed by atoms with Gasteiger partial charge in [0.25, 0.3) is 0 Å².